The number of nitro benzene ring substituents is 1. The molecule has 0 fully saturated rings. The van der Waals surface area contributed by atoms with E-state index in [2.05, 4.69) is 15.2 Å². The second-order valence-corrected chi connectivity index (χ2v) is 8.95. The normalized spacial score (nSPS) is 11.3. The van der Waals surface area contributed by atoms with Crippen LogP contribution in [0.15, 0.2) is 81.6 Å². The predicted molar refractivity (Wildman–Crippen MR) is 126 cm³/mol. The average molecular weight is 473 g/mol. The first-order chi connectivity index (χ1) is 15.3. The summed E-state index contributed by atoms with van der Waals surface area (Å²) in [4.78, 5) is 11.3. The summed E-state index contributed by atoms with van der Waals surface area (Å²) in [6, 6.07) is 17.3. The Kier molecular flexibility index (Phi) is 7.33. The highest BCUT2D eigenvalue weighted by Crippen LogP contribution is 2.29. The van der Waals surface area contributed by atoms with Gasteiger partial charge < -0.3 is 4.74 Å². The second-order valence-electron chi connectivity index (χ2n) is 6.41. The van der Waals surface area contributed by atoms with Crippen molar-refractivity contribution >= 4 is 45.1 Å². The summed E-state index contributed by atoms with van der Waals surface area (Å²) < 4.78 is 33.5. The number of sulfonamides is 1. The summed E-state index contributed by atoms with van der Waals surface area (Å²) in [7, 11) is -2.66. The third kappa shape index (κ3) is 5.77. The van der Waals surface area contributed by atoms with E-state index in [1.54, 1.807) is 23.9 Å². The quantitative estimate of drug-likeness (QED) is 0.202. The van der Waals surface area contributed by atoms with E-state index in [0.717, 1.165) is 16.5 Å². The van der Waals surface area contributed by atoms with E-state index in [1.165, 1.54) is 37.6 Å². The van der Waals surface area contributed by atoms with Crippen LogP contribution in [0.3, 0.4) is 0 Å². The predicted octanol–water partition coefficient (Wildman–Crippen LogP) is 4.57. The Hall–Kier alpha value is -3.57. The smallest absolute Gasteiger partial charge is 0.270 e. The second kappa shape index (κ2) is 10.2. The number of rotatable bonds is 9. The minimum atomic E-state index is -4.16. The van der Waals surface area contributed by atoms with E-state index in [1.807, 2.05) is 30.5 Å². The maximum Gasteiger partial charge on any atom is 0.270 e. The Morgan fingerprint density at radius 1 is 1.06 bits per heavy atom. The van der Waals surface area contributed by atoms with Gasteiger partial charge in [-0.05, 0) is 54.3 Å². The standard InChI is InChI=1S/C21H20N4O5S2/c1-30-18-8-5-16(6-9-18)24-32(28,29)21-13-17(25(26)27)7-12-20(21)23-22-14-15-3-10-19(31-2)11-4-15/h3-14,23-24H,1-2H3. The summed E-state index contributed by atoms with van der Waals surface area (Å²) in [6.07, 6.45) is 3.50. The van der Waals surface area contributed by atoms with Crippen LogP contribution in [0.5, 0.6) is 5.75 Å². The number of thioether (sulfide) groups is 1. The molecule has 32 heavy (non-hydrogen) atoms. The number of nitrogens with one attached hydrogen (secondary N) is 2. The van der Waals surface area contributed by atoms with Crippen LogP contribution in [0.2, 0.25) is 0 Å². The number of hydrazone groups is 1. The molecule has 3 aromatic carbocycles. The highest BCUT2D eigenvalue weighted by Gasteiger charge is 2.22. The van der Waals surface area contributed by atoms with E-state index in [0.29, 0.717) is 5.75 Å². The highest BCUT2D eigenvalue weighted by atomic mass is 32.2. The van der Waals surface area contributed by atoms with Crippen molar-refractivity contribution in [1.29, 1.82) is 0 Å². The van der Waals surface area contributed by atoms with Crippen LogP contribution >= 0.6 is 11.8 Å². The Morgan fingerprint density at radius 3 is 2.34 bits per heavy atom. The fourth-order valence-corrected chi connectivity index (χ4v) is 4.32. The van der Waals surface area contributed by atoms with E-state index in [-0.39, 0.29) is 22.0 Å². The molecule has 0 amide bonds. The molecule has 0 aliphatic heterocycles. The molecule has 11 heteroatoms. The summed E-state index contributed by atoms with van der Waals surface area (Å²) in [5.41, 5.74) is 3.48. The molecular formula is C21H20N4O5S2. The number of anilines is 2. The summed E-state index contributed by atoms with van der Waals surface area (Å²) in [5, 5.41) is 15.3. The van der Waals surface area contributed by atoms with Crippen LogP contribution < -0.4 is 14.9 Å². The van der Waals surface area contributed by atoms with Crippen molar-refractivity contribution in [2.24, 2.45) is 5.10 Å². The first-order valence-corrected chi connectivity index (χ1v) is 11.9. The van der Waals surface area contributed by atoms with Gasteiger partial charge in [0.25, 0.3) is 15.7 Å². The van der Waals surface area contributed by atoms with Crippen LogP contribution in [0.25, 0.3) is 0 Å². The van der Waals surface area contributed by atoms with Crippen LogP contribution in [0, 0.1) is 10.1 Å². The fraction of sp³-hybridized carbons (Fsp3) is 0.0952. The molecule has 0 saturated carbocycles. The topological polar surface area (TPSA) is 123 Å². The van der Waals surface area contributed by atoms with Gasteiger partial charge in [0.05, 0.1) is 23.9 Å². The van der Waals surface area contributed by atoms with Gasteiger partial charge in [0, 0.05) is 22.7 Å². The maximum absolute atomic E-state index is 13.0. The Bertz CT molecular complexity index is 1230. The average Bonchev–Trinajstić information content (AvgIpc) is 2.79. The van der Waals surface area contributed by atoms with Gasteiger partial charge in [-0.15, -0.1) is 11.8 Å². The zero-order valence-electron chi connectivity index (χ0n) is 17.2. The Morgan fingerprint density at radius 2 is 1.75 bits per heavy atom. The van der Waals surface area contributed by atoms with Crippen LogP contribution in [-0.4, -0.2) is 32.9 Å². The molecular weight excluding hydrogens is 452 g/mol. The number of nitro groups is 1. The van der Waals surface area contributed by atoms with Crippen molar-refractivity contribution in [3.63, 3.8) is 0 Å². The van der Waals surface area contributed by atoms with Gasteiger partial charge in [-0.25, -0.2) is 8.42 Å². The molecule has 0 aromatic heterocycles. The van der Waals surface area contributed by atoms with Crippen molar-refractivity contribution in [3.8, 4) is 5.75 Å². The number of benzene rings is 3. The number of non-ortho nitro benzene ring substituents is 1. The molecule has 166 valence electrons. The largest absolute Gasteiger partial charge is 0.497 e. The molecule has 9 nitrogen and oxygen atoms in total. The number of ether oxygens (including phenoxy) is 1. The van der Waals surface area contributed by atoms with E-state index < -0.39 is 14.9 Å². The van der Waals surface area contributed by atoms with Gasteiger partial charge in [0.1, 0.15) is 10.6 Å². The van der Waals surface area contributed by atoms with Crippen molar-refractivity contribution in [1.82, 2.24) is 0 Å². The molecule has 0 saturated heterocycles. The summed E-state index contributed by atoms with van der Waals surface area (Å²) >= 11 is 1.61. The minimum Gasteiger partial charge on any atom is -0.497 e. The zero-order valence-corrected chi connectivity index (χ0v) is 18.8. The molecule has 2 N–H and O–H groups in total. The molecule has 0 aliphatic rings. The van der Waals surface area contributed by atoms with Gasteiger partial charge in [-0.2, -0.15) is 5.10 Å². The van der Waals surface area contributed by atoms with Crippen molar-refractivity contribution in [3.05, 3.63) is 82.4 Å². The van der Waals surface area contributed by atoms with Crippen molar-refractivity contribution in [2.45, 2.75) is 9.79 Å². The lowest BCUT2D eigenvalue weighted by molar-refractivity contribution is -0.385. The van der Waals surface area contributed by atoms with Gasteiger partial charge in [-0.1, -0.05) is 12.1 Å². The molecule has 0 heterocycles. The third-order valence-corrected chi connectivity index (χ3v) is 6.49. The van der Waals surface area contributed by atoms with E-state index >= 15 is 0 Å². The molecule has 0 unspecified atom stereocenters. The zero-order chi connectivity index (χ0) is 23.1. The Balaban J connectivity index is 1.88. The molecule has 0 radical (unpaired) electrons. The summed E-state index contributed by atoms with van der Waals surface area (Å²) in [6.45, 7) is 0. The van der Waals surface area contributed by atoms with Gasteiger partial charge >= 0.3 is 0 Å². The third-order valence-electron chi connectivity index (χ3n) is 4.32. The SMILES string of the molecule is COc1ccc(NS(=O)(=O)c2cc([N+](=O)[O-])ccc2NN=Cc2ccc(SC)cc2)cc1. The molecule has 3 rings (SSSR count). The lowest BCUT2D eigenvalue weighted by atomic mass is 10.2. The Labute approximate surface area is 189 Å². The van der Waals surface area contributed by atoms with E-state index in [9.17, 15) is 18.5 Å². The molecule has 3 aromatic rings. The molecule has 0 bridgehead atoms. The molecule has 0 atom stereocenters. The monoisotopic (exact) mass is 472 g/mol. The van der Waals surface area contributed by atoms with Crippen LogP contribution in [0.4, 0.5) is 17.1 Å². The van der Waals surface area contributed by atoms with Gasteiger partial charge in [-0.3, -0.25) is 20.3 Å². The highest BCUT2D eigenvalue weighted by molar-refractivity contribution is 7.98. The number of hydrogen-bond acceptors (Lipinski definition) is 8. The first kappa shape index (κ1) is 23.1. The fourth-order valence-electron chi connectivity index (χ4n) is 2.67. The lowest BCUT2D eigenvalue weighted by Gasteiger charge is -2.12. The molecule has 0 spiro atoms. The maximum atomic E-state index is 13.0. The van der Waals surface area contributed by atoms with Crippen LogP contribution in [-0.2, 0) is 10.0 Å². The van der Waals surface area contributed by atoms with Gasteiger partial charge in [0.2, 0.25) is 0 Å². The van der Waals surface area contributed by atoms with Crippen molar-refractivity contribution < 1.29 is 18.1 Å². The minimum absolute atomic E-state index is 0.0913. The van der Waals surface area contributed by atoms with E-state index in [4.69, 9.17) is 4.74 Å². The molecule has 0 aliphatic carbocycles. The number of hydrogen-bond donors (Lipinski definition) is 2. The first-order valence-electron chi connectivity index (χ1n) is 9.21. The van der Waals surface area contributed by atoms with Gasteiger partial charge in [0.15, 0.2) is 0 Å². The lowest BCUT2D eigenvalue weighted by Crippen LogP contribution is -2.15. The number of methoxy groups -OCH3 is 1. The van der Waals surface area contributed by atoms with Crippen molar-refractivity contribution in [2.75, 3.05) is 23.5 Å². The summed E-state index contributed by atoms with van der Waals surface area (Å²) in [5.74, 6) is 0.561. The number of nitrogens with zero attached hydrogens (tertiary/aromatic N) is 2. The van der Waals surface area contributed by atoms with Crippen LogP contribution in [0.1, 0.15) is 5.56 Å².